The molecule has 2 aromatic heterocycles. The summed E-state index contributed by atoms with van der Waals surface area (Å²) in [5, 5.41) is 10.5. The number of nitrogens with two attached hydrogens (primary N) is 1. The Hall–Kier alpha value is -2.58. The van der Waals surface area contributed by atoms with Crippen LogP contribution in [0.1, 0.15) is 0 Å². The second-order valence-corrected chi connectivity index (χ2v) is 3.42. The van der Waals surface area contributed by atoms with Crippen LogP contribution in [0, 0.1) is 0 Å². The van der Waals surface area contributed by atoms with Gasteiger partial charge in [0.25, 0.3) is 5.56 Å². The maximum atomic E-state index is 11.6. The van der Waals surface area contributed by atoms with Crippen LogP contribution in [0.4, 0.5) is 5.95 Å². The van der Waals surface area contributed by atoms with Crippen molar-refractivity contribution >= 4 is 23.1 Å². The minimum atomic E-state index is -1.41. The number of aromatic amines is 1. The molecule has 0 aliphatic rings. The van der Waals surface area contributed by atoms with Gasteiger partial charge in [0.15, 0.2) is 11.2 Å². The minimum absolute atomic E-state index is 0.0255. The van der Waals surface area contributed by atoms with Gasteiger partial charge in [-0.25, -0.2) is 4.79 Å². The second kappa shape index (κ2) is 3.47. The number of anilines is 1. The summed E-state index contributed by atoms with van der Waals surface area (Å²) in [6, 6.07) is 0. The van der Waals surface area contributed by atoms with Gasteiger partial charge in [0.2, 0.25) is 5.95 Å². The lowest BCUT2D eigenvalue weighted by atomic mass is 10.5. The van der Waals surface area contributed by atoms with Crippen LogP contribution in [-0.2, 0) is 18.4 Å². The van der Waals surface area contributed by atoms with Gasteiger partial charge in [0.05, 0.1) is 12.5 Å². The fourth-order valence-corrected chi connectivity index (χ4v) is 1.54. The van der Waals surface area contributed by atoms with E-state index < -0.39 is 23.8 Å². The maximum absolute atomic E-state index is 11.6. The quantitative estimate of drug-likeness (QED) is 0.563. The van der Waals surface area contributed by atoms with Crippen LogP contribution in [0.3, 0.4) is 0 Å². The first-order valence-electron chi connectivity index (χ1n) is 4.56. The molecule has 17 heavy (non-hydrogen) atoms. The number of carboxylic acids is 1. The molecule has 2 rings (SSSR count). The van der Waals surface area contributed by atoms with Crippen molar-refractivity contribution in [3.63, 3.8) is 0 Å². The molecule has 0 atom stereocenters. The van der Waals surface area contributed by atoms with Crippen LogP contribution < -0.4 is 22.1 Å². The predicted octanol–water partition coefficient (Wildman–Crippen LogP) is -3.24. The normalized spacial score (nSPS) is 10.9. The summed E-state index contributed by atoms with van der Waals surface area (Å²) < 4.78 is 2.04. The Morgan fingerprint density at radius 3 is 2.76 bits per heavy atom. The molecule has 2 heterocycles. The molecule has 0 radical (unpaired) electrons. The zero-order valence-electron chi connectivity index (χ0n) is 8.76. The van der Waals surface area contributed by atoms with Crippen LogP contribution in [0.15, 0.2) is 9.59 Å². The third kappa shape index (κ3) is 1.57. The zero-order valence-corrected chi connectivity index (χ0v) is 8.76. The molecule has 0 aliphatic carbocycles. The molecular formula is C8H8N5O4-. The van der Waals surface area contributed by atoms with Crippen molar-refractivity contribution in [2.75, 3.05) is 5.73 Å². The van der Waals surface area contributed by atoms with E-state index in [9.17, 15) is 19.5 Å². The van der Waals surface area contributed by atoms with Crippen LogP contribution in [-0.4, -0.2) is 25.1 Å². The summed E-state index contributed by atoms with van der Waals surface area (Å²) in [6.07, 6.45) is 0. The van der Waals surface area contributed by atoms with E-state index in [0.29, 0.717) is 0 Å². The molecule has 3 N–H and O–H groups in total. The van der Waals surface area contributed by atoms with Crippen molar-refractivity contribution in [1.29, 1.82) is 0 Å². The zero-order chi connectivity index (χ0) is 12.7. The largest absolute Gasteiger partial charge is 0.548 e. The lowest BCUT2D eigenvalue weighted by Gasteiger charge is -2.05. The molecule has 0 unspecified atom stereocenters. The number of carbonyl (C=O) groups excluding carboxylic acids is 1. The number of aryl methyl sites for hydroxylation is 1. The number of hydrogen-bond acceptors (Lipinski definition) is 6. The highest BCUT2D eigenvalue weighted by Gasteiger charge is 2.15. The Kier molecular flexibility index (Phi) is 2.23. The molecule has 0 bridgehead atoms. The molecule has 0 spiro atoms. The van der Waals surface area contributed by atoms with Gasteiger partial charge in [-0.2, -0.15) is 4.98 Å². The van der Waals surface area contributed by atoms with Crippen molar-refractivity contribution in [3.05, 3.63) is 20.8 Å². The lowest BCUT2D eigenvalue weighted by Crippen LogP contribution is -2.32. The van der Waals surface area contributed by atoms with E-state index in [-0.39, 0.29) is 17.1 Å². The van der Waals surface area contributed by atoms with E-state index in [0.717, 1.165) is 9.13 Å². The molecule has 9 nitrogen and oxygen atoms in total. The number of H-pyrrole nitrogens is 1. The molecule has 90 valence electrons. The average Bonchev–Trinajstić information content (AvgIpc) is 2.53. The third-order valence-corrected chi connectivity index (χ3v) is 2.32. The van der Waals surface area contributed by atoms with E-state index in [4.69, 9.17) is 5.73 Å². The summed E-state index contributed by atoms with van der Waals surface area (Å²) >= 11 is 0. The highest BCUT2D eigenvalue weighted by Crippen LogP contribution is 2.11. The third-order valence-electron chi connectivity index (χ3n) is 2.32. The van der Waals surface area contributed by atoms with Gasteiger partial charge in [0.1, 0.15) is 0 Å². The van der Waals surface area contributed by atoms with E-state index in [1.807, 2.05) is 4.98 Å². The molecule has 0 aliphatic heterocycles. The topological polar surface area (TPSA) is 139 Å². The highest BCUT2D eigenvalue weighted by molar-refractivity contribution is 5.76. The van der Waals surface area contributed by atoms with Crippen molar-refractivity contribution in [3.8, 4) is 0 Å². The smallest absolute Gasteiger partial charge is 0.329 e. The van der Waals surface area contributed by atoms with Gasteiger partial charge in [-0.1, -0.05) is 0 Å². The number of hydrogen-bond donors (Lipinski definition) is 2. The number of nitrogen functional groups attached to an aromatic ring is 1. The molecule has 0 aromatic carbocycles. The summed E-state index contributed by atoms with van der Waals surface area (Å²) in [5.41, 5.74) is 4.04. The molecule has 0 saturated heterocycles. The SMILES string of the molecule is Cn1c(=O)[nH]c(=O)c2c1nc(N)n2CC(=O)[O-]. The fraction of sp³-hybridized carbons (Fsp3) is 0.250. The van der Waals surface area contributed by atoms with Crippen LogP contribution in [0.5, 0.6) is 0 Å². The van der Waals surface area contributed by atoms with Crippen LogP contribution >= 0.6 is 0 Å². The summed E-state index contributed by atoms with van der Waals surface area (Å²) in [5.74, 6) is -1.58. The number of carboxylic acid groups (broad SMARTS) is 1. The number of aromatic nitrogens is 4. The summed E-state index contributed by atoms with van der Waals surface area (Å²) in [4.78, 5) is 39.2. The standard InChI is InChI=1S/C8H9N5O4/c1-12-5-4(6(16)11-8(12)17)13(2-3(14)15)7(9)10-5/h2H2,1H3,(H2,9,10)(H,14,15)(H,11,16,17)/p-1. The first kappa shape index (κ1) is 10.9. The van der Waals surface area contributed by atoms with Gasteiger partial charge in [0, 0.05) is 7.05 Å². The monoisotopic (exact) mass is 238 g/mol. The van der Waals surface area contributed by atoms with Gasteiger partial charge in [-0.3, -0.25) is 18.9 Å². The lowest BCUT2D eigenvalue weighted by molar-refractivity contribution is -0.306. The van der Waals surface area contributed by atoms with Gasteiger partial charge in [-0.05, 0) is 0 Å². The maximum Gasteiger partial charge on any atom is 0.329 e. The van der Waals surface area contributed by atoms with Gasteiger partial charge >= 0.3 is 5.69 Å². The Bertz CT molecular complexity index is 722. The molecular weight excluding hydrogens is 230 g/mol. The highest BCUT2D eigenvalue weighted by atomic mass is 16.4. The van der Waals surface area contributed by atoms with Crippen molar-refractivity contribution in [2.45, 2.75) is 6.54 Å². The number of imidazole rings is 1. The van der Waals surface area contributed by atoms with Crippen LogP contribution in [0.25, 0.3) is 11.2 Å². The van der Waals surface area contributed by atoms with E-state index >= 15 is 0 Å². The van der Waals surface area contributed by atoms with E-state index in [1.165, 1.54) is 7.05 Å². The summed E-state index contributed by atoms with van der Waals surface area (Å²) in [7, 11) is 1.39. The first-order chi connectivity index (χ1) is 7.91. The van der Waals surface area contributed by atoms with Crippen LogP contribution in [0.2, 0.25) is 0 Å². The second-order valence-electron chi connectivity index (χ2n) is 3.42. The Labute approximate surface area is 93.1 Å². The van der Waals surface area contributed by atoms with Crippen molar-refractivity contribution < 1.29 is 9.90 Å². The Balaban J connectivity index is 2.92. The predicted molar refractivity (Wildman–Crippen MR) is 55.0 cm³/mol. The Morgan fingerprint density at radius 1 is 1.53 bits per heavy atom. The van der Waals surface area contributed by atoms with Gasteiger partial charge < -0.3 is 15.6 Å². The Morgan fingerprint density at radius 2 is 2.18 bits per heavy atom. The first-order valence-corrected chi connectivity index (χ1v) is 4.56. The molecule has 2 aromatic rings. The van der Waals surface area contributed by atoms with Gasteiger partial charge in [-0.15, -0.1) is 0 Å². The van der Waals surface area contributed by atoms with E-state index in [2.05, 4.69) is 4.98 Å². The number of rotatable bonds is 2. The molecule has 0 saturated carbocycles. The molecule has 0 fully saturated rings. The molecule has 0 amide bonds. The number of fused-ring (bicyclic) bond motifs is 1. The van der Waals surface area contributed by atoms with Crippen molar-refractivity contribution in [1.82, 2.24) is 19.1 Å². The summed E-state index contributed by atoms with van der Waals surface area (Å²) in [6.45, 7) is -0.608. The van der Waals surface area contributed by atoms with E-state index in [1.54, 1.807) is 0 Å². The minimum Gasteiger partial charge on any atom is -0.548 e. The number of nitrogens with zero attached hydrogens (tertiary/aromatic N) is 3. The van der Waals surface area contributed by atoms with Crippen molar-refractivity contribution in [2.24, 2.45) is 7.05 Å². The average molecular weight is 238 g/mol. The number of aliphatic carboxylic acids is 1. The molecule has 9 heteroatoms. The number of carbonyl (C=O) groups is 1. The fourth-order valence-electron chi connectivity index (χ4n) is 1.54. The number of nitrogens with one attached hydrogen (secondary N) is 1.